The van der Waals surface area contributed by atoms with Crippen molar-refractivity contribution in [2.24, 2.45) is 0 Å². The van der Waals surface area contributed by atoms with E-state index in [1.165, 1.54) is 4.90 Å². The van der Waals surface area contributed by atoms with Crippen molar-refractivity contribution < 1.29 is 9.59 Å². The Hall–Kier alpha value is -1.12. The van der Waals surface area contributed by atoms with Crippen LogP contribution in [0.25, 0.3) is 0 Å². The van der Waals surface area contributed by atoms with Crippen LogP contribution < -0.4 is 10.2 Å². The molecule has 2 aliphatic heterocycles. The van der Waals surface area contributed by atoms with Crippen LogP contribution in [0.15, 0.2) is 35.0 Å². The highest BCUT2D eigenvalue weighted by atomic mass is 127. The van der Waals surface area contributed by atoms with Crippen LogP contribution in [-0.2, 0) is 9.59 Å². The third kappa shape index (κ3) is 2.63. The van der Waals surface area contributed by atoms with E-state index in [0.717, 1.165) is 10.1 Å². The van der Waals surface area contributed by atoms with Crippen LogP contribution in [0, 0.1) is 3.57 Å². The number of anilines is 1. The summed E-state index contributed by atoms with van der Waals surface area (Å²) in [5.74, 6) is -0.787. The Morgan fingerprint density at radius 1 is 1.27 bits per heavy atom. The number of rotatable bonds is 2. The van der Waals surface area contributed by atoms with Gasteiger partial charge in [-0.05, 0) is 41.6 Å². The molecule has 1 N–H and O–H groups in total. The minimum Gasteiger partial charge on any atom is -0.363 e. The van der Waals surface area contributed by atoms with Gasteiger partial charge in [0.15, 0.2) is 0 Å². The van der Waals surface area contributed by atoms with Crippen LogP contribution in [-0.4, -0.2) is 42.4 Å². The van der Waals surface area contributed by atoms with Crippen molar-refractivity contribution in [3.8, 4) is 0 Å². The molecule has 0 spiro atoms. The lowest BCUT2D eigenvalue weighted by atomic mass is 10.2. The van der Waals surface area contributed by atoms with Crippen LogP contribution in [0.2, 0.25) is 0 Å². The minimum absolute atomic E-state index is 0.0127. The molecular formula is C15H15ClIN3O2. The number of carbonyl (C=O) groups excluding carboxylic acids is 2. The van der Waals surface area contributed by atoms with Crippen molar-refractivity contribution >= 4 is 51.7 Å². The first-order valence-corrected chi connectivity index (χ1v) is 8.47. The SMILES string of the molecule is C[C@@H]1CN(C2=C(Cl)C(=O)N(c3ccccc3I)C2=O)CCN1. The summed E-state index contributed by atoms with van der Waals surface area (Å²) in [5, 5.41) is 3.32. The molecule has 0 aromatic heterocycles. The number of imide groups is 1. The quantitative estimate of drug-likeness (QED) is 0.574. The zero-order valence-corrected chi connectivity index (χ0v) is 14.9. The maximum Gasteiger partial charge on any atom is 0.283 e. The number of amides is 2. The van der Waals surface area contributed by atoms with Crippen molar-refractivity contribution in [2.75, 3.05) is 24.5 Å². The molecule has 2 heterocycles. The Morgan fingerprint density at radius 3 is 2.68 bits per heavy atom. The van der Waals surface area contributed by atoms with Gasteiger partial charge in [-0.15, -0.1) is 0 Å². The lowest BCUT2D eigenvalue weighted by Gasteiger charge is -2.33. The highest BCUT2D eigenvalue weighted by Crippen LogP contribution is 2.33. The van der Waals surface area contributed by atoms with E-state index in [0.29, 0.717) is 24.5 Å². The van der Waals surface area contributed by atoms with Crippen LogP contribution in [0.4, 0.5) is 5.69 Å². The van der Waals surface area contributed by atoms with E-state index >= 15 is 0 Å². The maximum absolute atomic E-state index is 12.8. The number of hydrogen-bond donors (Lipinski definition) is 1. The van der Waals surface area contributed by atoms with Crippen LogP contribution in [0.5, 0.6) is 0 Å². The minimum atomic E-state index is -0.447. The number of piperazine rings is 1. The summed E-state index contributed by atoms with van der Waals surface area (Å²) < 4.78 is 0.834. The maximum atomic E-state index is 12.8. The zero-order chi connectivity index (χ0) is 15.9. The van der Waals surface area contributed by atoms with Gasteiger partial charge in [0.1, 0.15) is 10.7 Å². The molecule has 5 nitrogen and oxygen atoms in total. The smallest absolute Gasteiger partial charge is 0.283 e. The molecule has 0 saturated carbocycles. The van der Waals surface area contributed by atoms with Gasteiger partial charge in [-0.3, -0.25) is 9.59 Å². The number of hydrogen-bond acceptors (Lipinski definition) is 4. The lowest BCUT2D eigenvalue weighted by molar-refractivity contribution is -0.121. The fourth-order valence-corrected chi connectivity index (χ4v) is 3.67. The van der Waals surface area contributed by atoms with Crippen LogP contribution in [0.3, 0.4) is 0 Å². The summed E-state index contributed by atoms with van der Waals surface area (Å²) in [6, 6.07) is 7.53. The first-order valence-electron chi connectivity index (χ1n) is 7.02. The normalized spacial score (nSPS) is 22.8. The average Bonchev–Trinajstić information content (AvgIpc) is 2.70. The fraction of sp³-hybridized carbons (Fsp3) is 0.333. The molecule has 2 aliphatic rings. The van der Waals surface area contributed by atoms with Gasteiger partial charge in [-0.25, -0.2) is 4.90 Å². The van der Waals surface area contributed by atoms with Gasteiger partial charge in [0, 0.05) is 29.2 Å². The fourth-order valence-electron chi connectivity index (χ4n) is 2.75. The van der Waals surface area contributed by atoms with Crippen LogP contribution >= 0.6 is 34.2 Å². The van der Waals surface area contributed by atoms with Crippen molar-refractivity contribution in [3.05, 3.63) is 38.6 Å². The Morgan fingerprint density at radius 2 is 2.00 bits per heavy atom. The van der Waals surface area contributed by atoms with Crippen molar-refractivity contribution in [1.29, 1.82) is 0 Å². The molecule has 22 heavy (non-hydrogen) atoms. The molecule has 0 aliphatic carbocycles. The number of benzene rings is 1. The topological polar surface area (TPSA) is 52.7 Å². The Balaban J connectivity index is 1.95. The van der Waals surface area contributed by atoms with E-state index in [1.807, 2.05) is 24.0 Å². The van der Waals surface area contributed by atoms with Gasteiger partial charge < -0.3 is 10.2 Å². The number of carbonyl (C=O) groups is 2. The third-order valence-corrected chi connectivity index (χ3v) is 5.04. The van der Waals surface area contributed by atoms with E-state index in [4.69, 9.17) is 11.6 Å². The van der Waals surface area contributed by atoms with Gasteiger partial charge in [-0.2, -0.15) is 0 Å². The lowest BCUT2D eigenvalue weighted by Crippen LogP contribution is -2.50. The average molecular weight is 432 g/mol. The standard InChI is InChI=1S/C15H15ClIN3O2/c1-9-8-19(7-6-18-9)13-12(16)14(21)20(15(13)22)11-5-3-2-4-10(11)17/h2-5,9,18H,6-8H2,1H3/t9-/m1/s1. The van der Waals surface area contributed by atoms with E-state index in [1.54, 1.807) is 12.1 Å². The first kappa shape index (κ1) is 15.8. The molecule has 116 valence electrons. The van der Waals surface area contributed by atoms with E-state index in [9.17, 15) is 9.59 Å². The summed E-state index contributed by atoms with van der Waals surface area (Å²) in [6.45, 7) is 4.12. The molecule has 2 amide bonds. The summed E-state index contributed by atoms with van der Waals surface area (Å²) in [5.41, 5.74) is 0.897. The molecule has 0 bridgehead atoms. The molecular weight excluding hydrogens is 417 g/mol. The Labute approximate surface area is 147 Å². The third-order valence-electron chi connectivity index (χ3n) is 3.78. The Bertz CT molecular complexity index is 677. The number of halogens is 2. The van der Waals surface area contributed by atoms with Crippen LogP contribution in [0.1, 0.15) is 6.92 Å². The summed E-state index contributed by atoms with van der Waals surface area (Å²) in [7, 11) is 0. The molecule has 0 unspecified atom stereocenters. The first-order chi connectivity index (χ1) is 10.5. The zero-order valence-electron chi connectivity index (χ0n) is 12.0. The molecule has 1 aromatic carbocycles. The number of nitrogens with one attached hydrogen (secondary N) is 1. The van der Waals surface area contributed by atoms with Gasteiger partial charge in [-0.1, -0.05) is 23.7 Å². The predicted octanol–water partition coefficient (Wildman–Crippen LogP) is 1.91. The van der Waals surface area contributed by atoms with Crippen molar-refractivity contribution in [1.82, 2.24) is 10.2 Å². The Kier molecular flexibility index (Phi) is 4.42. The van der Waals surface area contributed by atoms with E-state index in [-0.39, 0.29) is 17.0 Å². The highest BCUT2D eigenvalue weighted by molar-refractivity contribution is 14.1. The monoisotopic (exact) mass is 431 g/mol. The predicted molar refractivity (Wildman–Crippen MR) is 93.6 cm³/mol. The molecule has 3 rings (SSSR count). The van der Waals surface area contributed by atoms with Gasteiger partial charge in [0.25, 0.3) is 11.8 Å². The summed E-state index contributed by atoms with van der Waals surface area (Å²) in [4.78, 5) is 28.3. The second-order valence-corrected chi connectivity index (χ2v) is 6.90. The van der Waals surface area contributed by atoms with Gasteiger partial charge in [0.2, 0.25) is 0 Å². The summed E-state index contributed by atoms with van der Waals surface area (Å²) in [6.07, 6.45) is 0. The molecule has 7 heteroatoms. The van der Waals surface area contributed by atoms with Crippen molar-refractivity contribution in [2.45, 2.75) is 13.0 Å². The second kappa shape index (κ2) is 6.17. The molecule has 0 radical (unpaired) electrons. The van der Waals surface area contributed by atoms with Gasteiger partial charge >= 0.3 is 0 Å². The highest BCUT2D eigenvalue weighted by Gasteiger charge is 2.42. The molecule has 1 saturated heterocycles. The van der Waals surface area contributed by atoms with E-state index in [2.05, 4.69) is 27.9 Å². The van der Waals surface area contributed by atoms with Gasteiger partial charge in [0.05, 0.1) is 5.69 Å². The second-order valence-electron chi connectivity index (χ2n) is 5.36. The largest absolute Gasteiger partial charge is 0.363 e. The van der Waals surface area contributed by atoms with Crippen molar-refractivity contribution in [3.63, 3.8) is 0 Å². The summed E-state index contributed by atoms with van der Waals surface area (Å²) >= 11 is 8.32. The van der Waals surface area contributed by atoms with E-state index < -0.39 is 5.91 Å². The number of nitrogens with zero attached hydrogens (tertiary/aromatic N) is 2. The number of para-hydroxylation sites is 1. The molecule has 1 aromatic rings. The molecule has 1 atom stereocenters. The molecule has 1 fully saturated rings.